The Kier molecular flexibility index (Phi) is 6.25. The minimum Gasteiger partial charge on any atom is -0.393 e. The van der Waals surface area contributed by atoms with Gasteiger partial charge in [-0.15, -0.1) is 0 Å². The monoisotopic (exact) mass is 392 g/mol. The second kappa shape index (κ2) is 7.21. The smallest absolute Gasteiger partial charge is 0.253 e. The van der Waals surface area contributed by atoms with Crippen LogP contribution in [0.3, 0.4) is 0 Å². The lowest BCUT2D eigenvalue weighted by Gasteiger charge is -2.20. The highest BCUT2D eigenvalue weighted by Crippen LogP contribution is 2.21. The van der Waals surface area contributed by atoms with Crippen LogP contribution >= 0.6 is 44.1 Å². The van der Waals surface area contributed by atoms with Gasteiger partial charge in [0.2, 0.25) is 0 Å². The normalized spacial score (nSPS) is 10.2. The van der Waals surface area contributed by atoms with Crippen molar-refractivity contribution in [3.8, 4) is 0 Å². The van der Waals surface area contributed by atoms with E-state index in [-0.39, 0.29) is 5.91 Å². The van der Waals surface area contributed by atoms with Crippen LogP contribution in [0.4, 0.5) is 0 Å². The van der Waals surface area contributed by atoms with Gasteiger partial charge in [0.25, 0.3) is 5.91 Å². The van der Waals surface area contributed by atoms with Crippen molar-refractivity contribution >= 4 is 55.0 Å². The second-order valence-corrected chi connectivity index (χ2v) is 6.11. The highest BCUT2D eigenvalue weighted by atomic mass is 79.9. The summed E-state index contributed by atoms with van der Waals surface area (Å²) >= 11 is 11.6. The van der Waals surface area contributed by atoms with Crippen LogP contribution in [-0.2, 0) is 0 Å². The Morgan fingerprint density at radius 2 is 1.89 bits per heavy atom. The molecule has 0 saturated carbocycles. The van der Waals surface area contributed by atoms with Crippen molar-refractivity contribution in [3.63, 3.8) is 0 Å². The summed E-state index contributed by atoms with van der Waals surface area (Å²) in [6, 6.07) is 5.50. The van der Waals surface area contributed by atoms with Gasteiger partial charge in [0, 0.05) is 34.0 Å². The minimum atomic E-state index is -0.0178. The highest BCUT2D eigenvalue weighted by molar-refractivity contribution is 9.11. The zero-order valence-electron chi connectivity index (χ0n) is 9.95. The van der Waals surface area contributed by atoms with Crippen molar-refractivity contribution < 1.29 is 4.79 Å². The molecule has 0 aliphatic rings. The van der Waals surface area contributed by atoms with Gasteiger partial charge in [0.05, 0.1) is 4.99 Å². The van der Waals surface area contributed by atoms with E-state index in [4.69, 9.17) is 18.0 Å². The Balaban J connectivity index is 2.85. The van der Waals surface area contributed by atoms with Crippen molar-refractivity contribution in [2.75, 3.05) is 13.1 Å². The number of nitrogens with two attached hydrogens (primary N) is 1. The summed E-state index contributed by atoms with van der Waals surface area (Å²) in [5, 5.41) is 0. The standard InChI is InChI=1S/C12H14Br2N2OS/c1-2-16(4-3-11(15)18)12(17)8-5-9(13)7-10(14)6-8/h5-7H,2-4H2,1H3,(H2,15,18). The maximum atomic E-state index is 12.3. The number of hydrogen-bond donors (Lipinski definition) is 1. The van der Waals surface area contributed by atoms with E-state index in [2.05, 4.69) is 31.9 Å². The first-order valence-corrected chi connectivity index (χ1v) is 7.47. The fourth-order valence-corrected chi connectivity index (χ4v) is 2.89. The first kappa shape index (κ1) is 15.6. The Hall–Kier alpha value is -0.460. The van der Waals surface area contributed by atoms with E-state index in [1.807, 2.05) is 13.0 Å². The number of carbonyl (C=O) groups excluding carboxylic acids is 1. The number of halogens is 2. The van der Waals surface area contributed by atoms with Gasteiger partial charge in [0.1, 0.15) is 0 Å². The molecule has 1 amide bonds. The first-order valence-electron chi connectivity index (χ1n) is 5.47. The number of thiocarbonyl (C=S) groups is 1. The lowest BCUT2D eigenvalue weighted by molar-refractivity contribution is 0.0769. The molecule has 0 aliphatic heterocycles. The molecule has 0 unspecified atom stereocenters. The van der Waals surface area contributed by atoms with Gasteiger partial charge in [-0.25, -0.2) is 0 Å². The van der Waals surface area contributed by atoms with Crippen LogP contribution < -0.4 is 5.73 Å². The number of benzene rings is 1. The molecule has 1 aromatic rings. The van der Waals surface area contributed by atoms with Gasteiger partial charge < -0.3 is 10.6 Å². The fourth-order valence-electron chi connectivity index (χ4n) is 1.51. The van der Waals surface area contributed by atoms with Crippen molar-refractivity contribution in [1.82, 2.24) is 4.90 Å². The molecule has 0 bridgehead atoms. The molecule has 0 spiro atoms. The molecule has 0 radical (unpaired) electrons. The minimum absolute atomic E-state index is 0.0178. The van der Waals surface area contributed by atoms with Crippen LogP contribution in [0, 0.1) is 0 Å². The van der Waals surface area contributed by atoms with E-state index in [1.54, 1.807) is 17.0 Å². The number of nitrogens with zero attached hydrogens (tertiary/aromatic N) is 1. The Bertz CT molecular complexity index is 445. The third-order valence-electron chi connectivity index (χ3n) is 2.41. The van der Waals surface area contributed by atoms with E-state index < -0.39 is 0 Å². The largest absolute Gasteiger partial charge is 0.393 e. The van der Waals surface area contributed by atoms with Gasteiger partial charge in [-0.05, 0) is 25.1 Å². The summed E-state index contributed by atoms with van der Waals surface area (Å²) in [7, 11) is 0. The van der Waals surface area contributed by atoms with E-state index in [0.717, 1.165) is 8.95 Å². The van der Waals surface area contributed by atoms with Crippen LogP contribution in [0.15, 0.2) is 27.1 Å². The molecule has 0 heterocycles. The maximum absolute atomic E-state index is 12.3. The maximum Gasteiger partial charge on any atom is 0.253 e. The molecule has 98 valence electrons. The summed E-state index contributed by atoms with van der Waals surface area (Å²) in [4.78, 5) is 14.5. The zero-order chi connectivity index (χ0) is 13.7. The predicted molar refractivity (Wildman–Crippen MR) is 84.8 cm³/mol. The molecular weight excluding hydrogens is 380 g/mol. The molecule has 6 heteroatoms. The summed E-state index contributed by atoms with van der Waals surface area (Å²) in [6.45, 7) is 3.12. The molecule has 18 heavy (non-hydrogen) atoms. The van der Waals surface area contributed by atoms with Crippen LogP contribution in [0.25, 0.3) is 0 Å². The summed E-state index contributed by atoms with van der Waals surface area (Å²) in [5.41, 5.74) is 6.10. The number of carbonyl (C=O) groups is 1. The van der Waals surface area contributed by atoms with Crippen molar-refractivity contribution in [2.45, 2.75) is 13.3 Å². The molecular formula is C12H14Br2N2OS. The van der Waals surface area contributed by atoms with Crippen LogP contribution in [-0.4, -0.2) is 28.9 Å². The topological polar surface area (TPSA) is 46.3 Å². The molecule has 3 nitrogen and oxygen atoms in total. The van der Waals surface area contributed by atoms with Crippen molar-refractivity contribution in [3.05, 3.63) is 32.7 Å². The average Bonchev–Trinajstić information content (AvgIpc) is 2.27. The van der Waals surface area contributed by atoms with Crippen LogP contribution in [0.5, 0.6) is 0 Å². The molecule has 1 aromatic carbocycles. The van der Waals surface area contributed by atoms with Crippen LogP contribution in [0.1, 0.15) is 23.7 Å². The molecule has 0 aromatic heterocycles. The lowest BCUT2D eigenvalue weighted by atomic mass is 10.2. The summed E-state index contributed by atoms with van der Waals surface area (Å²) in [6.07, 6.45) is 0.546. The third kappa shape index (κ3) is 4.66. The molecule has 2 N–H and O–H groups in total. The molecule has 0 aliphatic carbocycles. The van der Waals surface area contributed by atoms with E-state index in [1.165, 1.54) is 0 Å². The van der Waals surface area contributed by atoms with Gasteiger partial charge in [0.15, 0.2) is 0 Å². The highest BCUT2D eigenvalue weighted by Gasteiger charge is 2.15. The quantitative estimate of drug-likeness (QED) is 0.780. The van der Waals surface area contributed by atoms with E-state index in [9.17, 15) is 4.79 Å². The average molecular weight is 394 g/mol. The van der Waals surface area contributed by atoms with Crippen LogP contribution in [0.2, 0.25) is 0 Å². The van der Waals surface area contributed by atoms with Crippen molar-refractivity contribution in [2.24, 2.45) is 5.73 Å². The molecule has 0 saturated heterocycles. The molecule has 0 atom stereocenters. The summed E-state index contributed by atoms with van der Waals surface area (Å²) in [5.74, 6) is -0.0178. The lowest BCUT2D eigenvalue weighted by Crippen LogP contribution is -2.33. The van der Waals surface area contributed by atoms with Gasteiger partial charge >= 0.3 is 0 Å². The Labute approximate surface area is 129 Å². The second-order valence-electron chi connectivity index (χ2n) is 3.76. The molecule has 1 rings (SSSR count). The summed E-state index contributed by atoms with van der Waals surface area (Å²) < 4.78 is 1.73. The number of rotatable bonds is 5. The third-order valence-corrected chi connectivity index (χ3v) is 3.53. The zero-order valence-corrected chi connectivity index (χ0v) is 13.9. The SMILES string of the molecule is CCN(CCC(N)=S)C(=O)c1cc(Br)cc(Br)c1. The molecule has 0 fully saturated rings. The Morgan fingerprint density at radius 3 is 2.33 bits per heavy atom. The van der Waals surface area contributed by atoms with Crippen molar-refractivity contribution in [1.29, 1.82) is 0 Å². The Morgan fingerprint density at radius 1 is 1.33 bits per heavy atom. The fraction of sp³-hybridized carbons (Fsp3) is 0.333. The predicted octanol–water partition coefficient (Wildman–Crippen LogP) is 3.35. The van der Waals surface area contributed by atoms with Gasteiger partial charge in [-0.2, -0.15) is 0 Å². The van der Waals surface area contributed by atoms with E-state index >= 15 is 0 Å². The van der Waals surface area contributed by atoms with Gasteiger partial charge in [-0.3, -0.25) is 4.79 Å². The number of hydrogen-bond acceptors (Lipinski definition) is 2. The van der Waals surface area contributed by atoms with E-state index in [0.29, 0.717) is 30.1 Å². The number of amides is 1. The van der Waals surface area contributed by atoms with Gasteiger partial charge in [-0.1, -0.05) is 44.1 Å². The first-order chi connectivity index (χ1) is 8.43.